The number of aryl methyl sites for hydroxylation is 1. The molecule has 0 aliphatic rings. The summed E-state index contributed by atoms with van der Waals surface area (Å²) in [4.78, 5) is 12.1. The van der Waals surface area contributed by atoms with E-state index >= 15 is 0 Å². The molecule has 0 aliphatic heterocycles. The third kappa shape index (κ3) is 3.89. The topological polar surface area (TPSA) is 17.1 Å². The van der Waals surface area contributed by atoms with Gasteiger partial charge in [-0.25, -0.2) is 0 Å². The zero-order valence-electron chi connectivity index (χ0n) is 10.9. The molecular formula is C17H14OS2. The fraction of sp³-hybridized carbons (Fsp3) is 0.118. The molecule has 0 aliphatic carbocycles. The van der Waals surface area contributed by atoms with E-state index < -0.39 is 0 Å². The summed E-state index contributed by atoms with van der Waals surface area (Å²) in [5, 5.41) is 3.25. The van der Waals surface area contributed by atoms with E-state index in [0.29, 0.717) is 6.42 Å². The molecule has 0 fully saturated rings. The molecule has 20 heavy (non-hydrogen) atoms. The molecule has 100 valence electrons. The fourth-order valence-corrected chi connectivity index (χ4v) is 2.23. The van der Waals surface area contributed by atoms with Crippen LogP contribution in [0.15, 0.2) is 48.5 Å². The number of carbonyl (C=O) groups excluding carboxylic acids is 1. The second-order valence-corrected chi connectivity index (χ2v) is 4.99. The number of Topliss-reactive ketones (excluding diaryl/α,β-unsaturated/α-hetero) is 1. The van der Waals surface area contributed by atoms with Gasteiger partial charge in [-0.1, -0.05) is 73.0 Å². The maximum Gasteiger partial charge on any atom is 0.163 e. The molecule has 0 heterocycles. The van der Waals surface area contributed by atoms with Crippen molar-refractivity contribution in [2.45, 2.75) is 12.8 Å². The van der Waals surface area contributed by atoms with Crippen LogP contribution < -0.4 is 0 Å². The van der Waals surface area contributed by atoms with Gasteiger partial charge in [0.05, 0.1) is 0 Å². The van der Waals surface area contributed by atoms with Gasteiger partial charge in [0.1, 0.15) is 0 Å². The van der Waals surface area contributed by atoms with Gasteiger partial charge in [0.25, 0.3) is 0 Å². The molecule has 0 N–H and O–H groups in total. The molecule has 0 unspecified atom stereocenters. The van der Waals surface area contributed by atoms with Crippen LogP contribution in [-0.2, 0) is 6.42 Å². The molecule has 2 aromatic carbocycles. The summed E-state index contributed by atoms with van der Waals surface area (Å²) < 4.78 is 0. The van der Waals surface area contributed by atoms with Gasteiger partial charge in [-0.15, -0.1) is 0 Å². The van der Waals surface area contributed by atoms with Crippen LogP contribution in [0.1, 0.15) is 33.5 Å². The highest BCUT2D eigenvalue weighted by Gasteiger charge is 2.06. The van der Waals surface area contributed by atoms with Crippen LogP contribution in [0.2, 0.25) is 0 Å². The smallest absolute Gasteiger partial charge is 0.163 e. The number of ketones is 1. The van der Waals surface area contributed by atoms with Gasteiger partial charge in [0, 0.05) is 22.7 Å². The molecule has 2 rings (SSSR count). The van der Waals surface area contributed by atoms with Crippen molar-refractivity contribution in [1.29, 1.82) is 0 Å². The Morgan fingerprint density at radius 2 is 1.35 bits per heavy atom. The first-order valence-electron chi connectivity index (χ1n) is 6.35. The summed E-state index contributed by atoms with van der Waals surface area (Å²) in [6.07, 6.45) is 1.25. The van der Waals surface area contributed by atoms with Crippen LogP contribution in [-0.4, -0.2) is 16.5 Å². The Morgan fingerprint density at radius 3 is 1.85 bits per heavy atom. The van der Waals surface area contributed by atoms with E-state index in [-0.39, 0.29) is 5.78 Å². The van der Waals surface area contributed by atoms with Gasteiger partial charge in [0.2, 0.25) is 0 Å². The van der Waals surface area contributed by atoms with Crippen LogP contribution in [0, 0.1) is 0 Å². The molecule has 1 nitrogen and oxygen atoms in total. The normalized spacial score (nSPS) is 10.0. The molecule has 0 saturated heterocycles. The Bertz CT molecular complexity index is 612. The molecule has 3 heteroatoms. The minimum atomic E-state index is 0.153. The Hall–Kier alpha value is -1.71. The van der Waals surface area contributed by atoms with Gasteiger partial charge < -0.3 is 0 Å². The standard InChI is InChI=1S/C17H14OS2/c18-17(16-8-5-15(12-20)6-9-16)10-7-13-1-3-14(11-19)4-2-13/h1-6,8-9,11-12H,7,10H2. The van der Waals surface area contributed by atoms with Crippen molar-refractivity contribution in [3.05, 3.63) is 70.8 Å². The summed E-state index contributed by atoms with van der Waals surface area (Å²) in [6, 6.07) is 15.4. The molecule has 0 radical (unpaired) electrons. The molecule has 0 amide bonds. The third-order valence-electron chi connectivity index (χ3n) is 3.13. The van der Waals surface area contributed by atoms with Crippen LogP contribution in [0.4, 0.5) is 0 Å². The number of hydrogen-bond acceptors (Lipinski definition) is 3. The van der Waals surface area contributed by atoms with E-state index in [9.17, 15) is 4.79 Å². The maximum atomic E-state index is 12.1. The SMILES string of the molecule is O=C(CCc1ccc(C=S)cc1)c1ccc(C=S)cc1. The van der Waals surface area contributed by atoms with Crippen LogP contribution in [0.25, 0.3) is 0 Å². The van der Waals surface area contributed by atoms with E-state index in [1.54, 1.807) is 10.7 Å². The molecule has 0 atom stereocenters. The van der Waals surface area contributed by atoms with Crippen molar-refractivity contribution in [3.8, 4) is 0 Å². The average molecular weight is 298 g/mol. The summed E-state index contributed by atoms with van der Waals surface area (Å²) in [6.45, 7) is 0. The lowest BCUT2D eigenvalue weighted by atomic mass is 10.0. The lowest BCUT2D eigenvalue weighted by molar-refractivity contribution is 0.0983. The van der Waals surface area contributed by atoms with Crippen LogP contribution in [0.5, 0.6) is 0 Å². The van der Waals surface area contributed by atoms with Gasteiger partial charge >= 0.3 is 0 Å². The number of benzene rings is 2. The molecular weight excluding hydrogens is 284 g/mol. The Labute approximate surface area is 129 Å². The lowest BCUT2D eigenvalue weighted by Gasteiger charge is -2.03. The molecule has 0 aromatic heterocycles. The van der Waals surface area contributed by atoms with Crippen molar-refractivity contribution >= 4 is 41.0 Å². The number of carbonyl (C=O) groups is 1. The minimum absolute atomic E-state index is 0.153. The zero-order valence-corrected chi connectivity index (χ0v) is 12.5. The summed E-state index contributed by atoms with van der Waals surface area (Å²) in [7, 11) is 0. The van der Waals surface area contributed by atoms with Crippen molar-refractivity contribution in [3.63, 3.8) is 0 Å². The summed E-state index contributed by atoms with van der Waals surface area (Å²) >= 11 is 9.71. The van der Waals surface area contributed by atoms with E-state index in [0.717, 1.165) is 28.7 Å². The first-order valence-corrected chi connectivity index (χ1v) is 7.30. The van der Waals surface area contributed by atoms with E-state index in [1.165, 1.54) is 0 Å². The lowest BCUT2D eigenvalue weighted by Crippen LogP contribution is -2.01. The molecule has 0 saturated carbocycles. The number of thiocarbonyl (C=S) groups is 2. The van der Waals surface area contributed by atoms with Crippen molar-refractivity contribution in [1.82, 2.24) is 0 Å². The second-order valence-electron chi connectivity index (χ2n) is 4.52. The summed E-state index contributed by atoms with van der Waals surface area (Å²) in [5.74, 6) is 0.153. The zero-order chi connectivity index (χ0) is 14.4. The van der Waals surface area contributed by atoms with Gasteiger partial charge in [0.15, 0.2) is 5.78 Å². The van der Waals surface area contributed by atoms with Crippen molar-refractivity contribution in [2.75, 3.05) is 0 Å². The Morgan fingerprint density at radius 1 is 0.850 bits per heavy atom. The van der Waals surface area contributed by atoms with Crippen molar-refractivity contribution < 1.29 is 4.79 Å². The molecule has 2 aromatic rings. The monoisotopic (exact) mass is 298 g/mol. The van der Waals surface area contributed by atoms with Gasteiger partial charge in [-0.3, -0.25) is 4.79 Å². The highest BCUT2D eigenvalue weighted by atomic mass is 32.1. The highest BCUT2D eigenvalue weighted by molar-refractivity contribution is 7.79. The van der Waals surface area contributed by atoms with Crippen LogP contribution >= 0.6 is 24.4 Å². The third-order valence-corrected chi connectivity index (χ3v) is 3.67. The van der Waals surface area contributed by atoms with E-state index in [2.05, 4.69) is 0 Å². The Kier molecular flexibility index (Phi) is 5.27. The maximum absolute atomic E-state index is 12.1. The highest BCUT2D eigenvalue weighted by Crippen LogP contribution is 2.10. The first-order chi connectivity index (χ1) is 9.72. The quantitative estimate of drug-likeness (QED) is 0.588. The van der Waals surface area contributed by atoms with Gasteiger partial charge in [-0.05, 0) is 23.1 Å². The van der Waals surface area contributed by atoms with Gasteiger partial charge in [-0.2, -0.15) is 0 Å². The average Bonchev–Trinajstić information content (AvgIpc) is 2.53. The van der Waals surface area contributed by atoms with E-state index in [4.69, 9.17) is 24.4 Å². The molecule has 0 bridgehead atoms. The van der Waals surface area contributed by atoms with Crippen molar-refractivity contribution in [2.24, 2.45) is 0 Å². The predicted octanol–water partition coefficient (Wildman–Crippen LogP) is 4.20. The number of hydrogen-bond donors (Lipinski definition) is 0. The van der Waals surface area contributed by atoms with Crippen LogP contribution in [0.3, 0.4) is 0 Å². The molecule has 0 spiro atoms. The minimum Gasteiger partial charge on any atom is -0.294 e. The van der Waals surface area contributed by atoms with E-state index in [1.807, 2.05) is 48.5 Å². The summed E-state index contributed by atoms with van der Waals surface area (Å²) in [5.41, 5.74) is 3.86. The second kappa shape index (κ2) is 7.17. The fourth-order valence-electron chi connectivity index (χ4n) is 1.91. The predicted molar refractivity (Wildman–Crippen MR) is 91.0 cm³/mol. The Balaban J connectivity index is 1.96. The number of rotatable bonds is 6. The largest absolute Gasteiger partial charge is 0.294 e. The first kappa shape index (κ1) is 14.7.